The van der Waals surface area contributed by atoms with Crippen molar-refractivity contribution in [1.82, 2.24) is 4.98 Å². The average molecular weight is 309 g/mol. The molecule has 0 saturated carbocycles. The maximum Gasteiger partial charge on any atom is 0.0405 e. The van der Waals surface area contributed by atoms with Crippen LogP contribution in [0.5, 0.6) is 0 Å². The van der Waals surface area contributed by atoms with Gasteiger partial charge in [0.1, 0.15) is 0 Å². The van der Waals surface area contributed by atoms with E-state index in [2.05, 4.69) is 27.0 Å². The second-order valence-corrected chi connectivity index (χ2v) is 5.55. The number of rotatable bonds is 4. The summed E-state index contributed by atoms with van der Waals surface area (Å²) in [4.78, 5) is 5.29. The molecular formula is C13H13BrN2S. The molecule has 0 aliphatic rings. The molecule has 0 fully saturated rings. The van der Waals surface area contributed by atoms with Gasteiger partial charge in [0, 0.05) is 33.6 Å². The Hall–Kier alpha value is -0.840. The number of nitrogens with zero attached hydrogens (tertiary/aromatic N) is 1. The number of benzene rings is 1. The Labute approximate surface area is 114 Å². The second kappa shape index (κ2) is 6.19. The lowest BCUT2D eigenvalue weighted by molar-refractivity contribution is 0.824. The van der Waals surface area contributed by atoms with Crippen LogP contribution < -0.4 is 5.73 Å². The summed E-state index contributed by atoms with van der Waals surface area (Å²) >= 11 is 5.28. The van der Waals surface area contributed by atoms with Crippen molar-refractivity contribution >= 4 is 27.7 Å². The molecule has 0 amide bonds. The van der Waals surface area contributed by atoms with Gasteiger partial charge in [-0.25, -0.2) is 0 Å². The molecule has 0 aliphatic carbocycles. The third-order valence-electron chi connectivity index (χ3n) is 2.37. The summed E-state index contributed by atoms with van der Waals surface area (Å²) in [6, 6.07) is 12.1. The number of halogens is 1. The molecule has 0 bridgehead atoms. The highest BCUT2D eigenvalue weighted by molar-refractivity contribution is 9.10. The van der Waals surface area contributed by atoms with E-state index in [1.807, 2.05) is 36.5 Å². The quantitative estimate of drug-likeness (QED) is 0.877. The Kier molecular flexibility index (Phi) is 4.59. The van der Waals surface area contributed by atoms with E-state index in [4.69, 9.17) is 5.73 Å². The average Bonchev–Trinajstić information content (AvgIpc) is 2.38. The SMILES string of the molecule is NC(CSc1ccccc1Br)c1cccnc1. The first-order valence-electron chi connectivity index (χ1n) is 5.30. The highest BCUT2D eigenvalue weighted by Crippen LogP contribution is 2.29. The molecule has 2 N–H and O–H groups in total. The van der Waals surface area contributed by atoms with Crippen LogP contribution >= 0.6 is 27.7 Å². The number of thioether (sulfide) groups is 1. The zero-order chi connectivity index (χ0) is 12.1. The van der Waals surface area contributed by atoms with Crippen molar-refractivity contribution < 1.29 is 0 Å². The van der Waals surface area contributed by atoms with Crippen LogP contribution in [0.15, 0.2) is 58.2 Å². The molecular weight excluding hydrogens is 296 g/mol. The lowest BCUT2D eigenvalue weighted by atomic mass is 10.2. The Morgan fingerprint density at radius 2 is 2.06 bits per heavy atom. The molecule has 2 nitrogen and oxygen atoms in total. The molecule has 2 aromatic rings. The predicted molar refractivity (Wildman–Crippen MR) is 76.0 cm³/mol. The normalized spacial score (nSPS) is 12.4. The molecule has 0 saturated heterocycles. The van der Waals surface area contributed by atoms with Gasteiger partial charge in [0.2, 0.25) is 0 Å². The zero-order valence-electron chi connectivity index (χ0n) is 9.21. The van der Waals surface area contributed by atoms with E-state index in [9.17, 15) is 0 Å². The fourth-order valence-electron chi connectivity index (χ4n) is 1.43. The van der Waals surface area contributed by atoms with Crippen LogP contribution in [0.1, 0.15) is 11.6 Å². The van der Waals surface area contributed by atoms with Crippen molar-refractivity contribution in [1.29, 1.82) is 0 Å². The van der Waals surface area contributed by atoms with E-state index in [0.29, 0.717) is 0 Å². The van der Waals surface area contributed by atoms with Gasteiger partial charge in [0.15, 0.2) is 0 Å². The summed E-state index contributed by atoms with van der Waals surface area (Å²) in [7, 11) is 0. The lowest BCUT2D eigenvalue weighted by Gasteiger charge is -2.11. The highest BCUT2D eigenvalue weighted by atomic mass is 79.9. The molecule has 2 rings (SSSR count). The monoisotopic (exact) mass is 308 g/mol. The van der Waals surface area contributed by atoms with Gasteiger partial charge in [-0.05, 0) is 39.7 Å². The maximum absolute atomic E-state index is 6.12. The minimum absolute atomic E-state index is 0.0146. The molecule has 1 aromatic heterocycles. The van der Waals surface area contributed by atoms with Crippen LogP contribution in [0.4, 0.5) is 0 Å². The third-order valence-corrected chi connectivity index (χ3v) is 4.51. The lowest BCUT2D eigenvalue weighted by Crippen LogP contribution is -2.13. The molecule has 1 heterocycles. The molecule has 1 atom stereocenters. The highest BCUT2D eigenvalue weighted by Gasteiger charge is 2.07. The second-order valence-electron chi connectivity index (χ2n) is 3.63. The standard InChI is InChI=1S/C13H13BrN2S/c14-11-5-1-2-6-13(11)17-9-12(15)10-4-3-7-16-8-10/h1-8,12H,9,15H2. The van der Waals surface area contributed by atoms with E-state index in [1.165, 1.54) is 4.90 Å². The van der Waals surface area contributed by atoms with Gasteiger partial charge in [-0.1, -0.05) is 18.2 Å². The number of aromatic nitrogens is 1. The Morgan fingerprint density at radius 1 is 1.24 bits per heavy atom. The van der Waals surface area contributed by atoms with Crippen LogP contribution in [-0.4, -0.2) is 10.7 Å². The Bertz CT molecular complexity index is 476. The summed E-state index contributed by atoms with van der Waals surface area (Å²) in [6.07, 6.45) is 3.59. The largest absolute Gasteiger partial charge is 0.323 e. The van der Waals surface area contributed by atoms with E-state index in [0.717, 1.165) is 15.8 Å². The van der Waals surface area contributed by atoms with Crippen LogP contribution in [0.2, 0.25) is 0 Å². The number of hydrogen-bond acceptors (Lipinski definition) is 3. The van der Waals surface area contributed by atoms with Crippen LogP contribution in [0.25, 0.3) is 0 Å². The van der Waals surface area contributed by atoms with Gasteiger partial charge in [0.25, 0.3) is 0 Å². The minimum atomic E-state index is 0.0146. The van der Waals surface area contributed by atoms with Crippen LogP contribution in [0.3, 0.4) is 0 Å². The third kappa shape index (κ3) is 3.56. The summed E-state index contributed by atoms with van der Waals surface area (Å²) in [5.41, 5.74) is 7.19. The topological polar surface area (TPSA) is 38.9 Å². The van der Waals surface area contributed by atoms with Gasteiger partial charge < -0.3 is 5.73 Å². The molecule has 0 radical (unpaired) electrons. The minimum Gasteiger partial charge on any atom is -0.323 e. The van der Waals surface area contributed by atoms with Crippen molar-refractivity contribution in [2.45, 2.75) is 10.9 Å². The first-order chi connectivity index (χ1) is 8.27. The molecule has 1 unspecified atom stereocenters. The number of hydrogen-bond donors (Lipinski definition) is 1. The molecule has 88 valence electrons. The number of pyridine rings is 1. The van der Waals surface area contributed by atoms with Crippen molar-refractivity contribution in [3.63, 3.8) is 0 Å². The van der Waals surface area contributed by atoms with Gasteiger partial charge in [-0.3, -0.25) is 4.98 Å². The molecule has 0 aliphatic heterocycles. The summed E-state index contributed by atoms with van der Waals surface area (Å²) in [6.45, 7) is 0. The van der Waals surface area contributed by atoms with E-state index in [1.54, 1.807) is 18.0 Å². The molecule has 0 spiro atoms. The zero-order valence-corrected chi connectivity index (χ0v) is 11.6. The molecule has 4 heteroatoms. The molecule has 17 heavy (non-hydrogen) atoms. The predicted octanol–water partition coefficient (Wildman–Crippen LogP) is 3.64. The van der Waals surface area contributed by atoms with E-state index in [-0.39, 0.29) is 6.04 Å². The maximum atomic E-state index is 6.12. The van der Waals surface area contributed by atoms with E-state index >= 15 is 0 Å². The first-order valence-corrected chi connectivity index (χ1v) is 7.08. The first kappa shape index (κ1) is 12.6. The van der Waals surface area contributed by atoms with E-state index < -0.39 is 0 Å². The van der Waals surface area contributed by atoms with Crippen molar-refractivity contribution in [3.8, 4) is 0 Å². The number of nitrogens with two attached hydrogens (primary N) is 1. The Morgan fingerprint density at radius 3 is 2.76 bits per heavy atom. The summed E-state index contributed by atoms with van der Waals surface area (Å²) < 4.78 is 1.11. The van der Waals surface area contributed by atoms with Crippen molar-refractivity contribution in [2.24, 2.45) is 5.73 Å². The van der Waals surface area contributed by atoms with Gasteiger partial charge in [-0.2, -0.15) is 0 Å². The fourth-order valence-corrected chi connectivity index (χ4v) is 2.99. The summed E-state index contributed by atoms with van der Waals surface area (Å²) in [5, 5.41) is 0. The smallest absolute Gasteiger partial charge is 0.0405 e. The Balaban J connectivity index is 1.97. The van der Waals surface area contributed by atoms with Crippen LogP contribution in [0, 0.1) is 0 Å². The van der Waals surface area contributed by atoms with Crippen LogP contribution in [-0.2, 0) is 0 Å². The fraction of sp³-hybridized carbons (Fsp3) is 0.154. The van der Waals surface area contributed by atoms with Gasteiger partial charge >= 0.3 is 0 Å². The van der Waals surface area contributed by atoms with Gasteiger partial charge in [0.05, 0.1) is 0 Å². The van der Waals surface area contributed by atoms with Gasteiger partial charge in [-0.15, -0.1) is 11.8 Å². The summed E-state index contributed by atoms with van der Waals surface area (Å²) in [5.74, 6) is 0.842. The van der Waals surface area contributed by atoms with Crippen molar-refractivity contribution in [3.05, 3.63) is 58.8 Å². The van der Waals surface area contributed by atoms with Crippen molar-refractivity contribution in [2.75, 3.05) is 5.75 Å². The molecule has 1 aromatic carbocycles.